The van der Waals surface area contributed by atoms with Crippen LogP contribution in [0.2, 0.25) is 0 Å². The monoisotopic (exact) mass is 385 g/mol. The third-order valence-electron chi connectivity index (χ3n) is 6.24. The summed E-state index contributed by atoms with van der Waals surface area (Å²) >= 11 is 0. The molecule has 2 heterocycles. The highest BCUT2D eigenvalue weighted by Gasteiger charge is 2.30. The van der Waals surface area contributed by atoms with Crippen molar-refractivity contribution in [3.05, 3.63) is 35.4 Å². The number of carbonyl (C=O) groups is 2. The van der Waals surface area contributed by atoms with Crippen LogP contribution in [0.1, 0.15) is 50.2 Å². The fourth-order valence-corrected chi connectivity index (χ4v) is 4.26. The molecular formula is C23H35N3O2. The molecule has 0 spiro atoms. The molecule has 1 aromatic carbocycles. The Kier molecular flexibility index (Phi) is 7.49. The SMILES string of the molecule is CCc1ccc(CN(C)C(=O)CN2CCC(C(=O)N3CCCCC3)CC2)cc1. The lowest BCUT2D eigenvalue weighted by atomic mass is 9.94. The normalized spacial score (nSPS) is 18.9. The van der Waals surface area contributed by atoms with Crippen LogP contribution in [-0.2, 0) is 22.6 Å². The van der Waals surface area contributed by atoms with Gasteiger partial charge in [-0.2, -0.15) is 0 Å². The average Bonchev–Trinajstić information content (AvgIpc) is 2.75. The third kappa shape index (κ3) is 5.57. The fraction of sp³-hybridized carbons (Fsp3) is 0.652. The summed E-state index contributed by atoms with van der Waals surface area (Å²) in [6.45, 7) is 6.79. The number of likely N-dealkylation sites (tertiary alicyclic amines) is 2. The lowest BCUT2D eigenvalue weighted by Gasteiger charge is -2.35. The predicted octanol–water partition coefficient (Wildman–Crippen LogP) is 2.93. The van der Waals surface area contributed by atoms with Crippen LogP contribution in [0, 0.1) is 5.92 Å². The number of amides is 2. The van der Waals surface area contributed by atoms with Gasteiger partial charge in [-0.25, -0.2) is 0 Å². The van der Waals surface area contributed by atoms with Gasteiger partial charge >= 0.3 is 0 Å². The van der Waals surface area contributed by atoms with E-state index in [0.717, 1.165) is 58.3 Å². The molecule has 154 valence electrons. The second kappa shape index (κ2) is 10.1. The van der Waals surface area contributed by atoms with Crippen LogP contribution < -0.4 is 0 Å². The van der Waals surface area contributed by atoms with E-state index in [4.69, 9.17) is 0 Å². The number of hydrogen-bond acceptors (Lipinski definition) is 3. The molecule has 5 heteroatoms. The van der Waals surface area contributed by atoms with Crippen molar-refractivity contribution in [1.82, 2.24) is 14.7 Å². The van der Waals surface area contributed by atoms with Gasteiger partial charge < -0.3 is 9.80 Å². The molecule has 28 heavy (non-hydrogen) atoms. The van der Waals surface area contributed by atoms with Gasteiger partial charge in [-0.05, 0) is 62.7 Å². The molecule has 1 aromatic rings. The summed E-state index contributed by atoms with van der Waals surface area (Å²) in [7, 11) is 1.88. The number of likely N-dealkylation sites (N-methyl/N-ethyl adjacent to an activating group) is 1. The molecule has 0 aromatic heterocycles. The van der Waals surface area contributed by atoms with Crippen LogP contribution in [0.3, 0.4) is 0 Å². The third-order valence-corrected chi connectivity index (χ3v) is 6.24. The number of nitrogens with zero attached hydrogens (tertiary/aromatic N) is 3. The van der Waals surface area contributed by atoms with E-state index in [1.54, 1.807) is 0 Å². The lowest BCUT2D eigenvalue weighted by Crippen LogP contribution is -2.46. The van der Waals surface area contributed by atoms with E-state index < -0.39 is 0 Å². The molecule has 2 aliphatic rings. The summed E-state index contributed by atoms with van der Waals surface area (Å²) in [5, 5.41) is 0. The predicted molar refractivity (Wildman–Crippen MR) is 112 cm³/mol. The fourth-order valence-electron chi connectivity index (χ4n) is 4.26. The van der Waals surface area contributed by atoms with E-state index in [1.807, 2.05) is 11.9 Å². The first-order chi connectivity index (χ1) is 13.6. The van der Waals surface area contributed by atoms with Crippen molar-refractivity contribution in [3.8, 4) is 0 Å². The quantitative estimate of drug-likeness (QED) is 0.756. The van der Waals surface area contributed by atoms with Crippen molar-refractivity contribution in [2.24, 2.45) is 5.92 Å². The molecule has 0 radical (unpaired) electrons. The maximum atomic E-state index is 12.7. The summed E-state index contributed by atoms with van der Waals surface area (Å²) in [5.41, 5.74) is 2.48. The molecule has 0 unspecified atom stereocenters. The zero-order valence-electron chi connectivity index (χ0n) is 17.5. The minimum Gasteiger partial charge on any atom is -0.342 e. The summed E-state index contributed by atoms with van der Waals surface area (Å²) < 4.78 is 0. The summed E-state index contributed by atoms with van der Waals surface area (Å²) in [6, 6.07) is 8.50. The molecule has 0 atom stereocenters. The summed E-state index contributed by atoms with van der Waals surface area (Å²) in [4.78, 5) is 31.4. The highest BCUT2D eigenvalue weighted by molar-refractivity contribution is 5.79. The van der Waals surface area contributed by atoms with Gasteiger partial charge in [-0.3, -0.25) is 14.5 Å². The van der Waals surface area contributed by atoms with Gasteiger partial charge in [0.15, 0.2) is 0 Å². The summed E-state index contributed by atoms with van der Waals surface area (Å²) in [5.74, 6) is 0.651. The van der Waals surface area contributed by atoms with Crippen LogP contribution in [0.5, 0.6) is 0 Å². The Labute approximate surface area is 169 Å². The molecule has 2 aliphatic heterocycles. The van der Waals surface area contributed by atoms with E-state index in [9.17, 15) is 9.59 Å². The van der Waals surface area contributed by atoms with Gasteiger partial charge in [0.05, 0.1) is 6.54 Å². The summed E-state index contributed by atoms with van der Waals surface area (Å²) in [6.07, 6.45) is 6.33. The van der Waals surface area contributed by atoms with E-state index in [-0.39, 0.29) is 11.8 Å². The molecule has 2 saturated heterocycles. The van der Waals surface area contributed by atoms with Crippen LogP contribution in [0.4, 0.5) is 0 Å². The maximum Gasteiger partial charge on any atom is 0.236 e. The molecular weight excluding hydrogens is 350 g/mol. The Morgan fingerprint density at radius 1 is 0.964 bits per heavy atom. The Bertz CT molecular complexity index is 644. The Morgan fingerprint density at radius 3 is 2.18 bits per heavy atom. The van der Waals surface area contributed by atoms with E-state index in [0.29, 0.717) is 19.0 Å². The smallest absolute Gasteiger partial charge is 0.236 e. The number of piperidine rings is 2. The molecule has 0 N–H and O–H groups in total. The van der Waals surface area contributed by atoms with Crippen LogP contribution in [-0.4, -0.2) is 66.3 Å². The molecule has 0 saturated carbocycles. The molecule has 0 bridgehead atoms. The zero-order chi connectivity index (χ0) is 19.9. The van der Waals surface area contributed by atoms with Crippen molar-refractivity contribution in [1.29, 1.82) is 0 Å². The van der Waals surface area contributed by atoms with Crippen molar-refractivity contribution in [3.63, 3.8) is 0 Å². The van der Waals surface area contributed by atoms with Crippen LogP contribution in [0.25, 0.3) is 0 Å². The number of hydrogen-bond donors (Lipinski definition) is 0. The largest absolute Gasteiger partial charge is 0.342 e. The van der Waals surface area contributed by atoms with Crippen molar-refractivity contribution < 1.29 is 9.59 Å². The molecule has 2 fully saturated rings. The second-order valence-electron chi connectivity index (χ2n) is 8.36. The number of carbonyl (C=O) groups excluding carboxylic acids is 2. The molecule has 2 amide bonds. The van der Waals surface area contributed by atoms with Gasteiger partial charge in [0.1, 0.15) is 0 Å². The van der Waals surface area contributed by atoms with Crippen molar-refractivity contribution in [2.45, 2.75) is 52.0 Å². The minimum absolute atomic E-state index is 0.152. The Morgan fingerprint density at radius 2 is 1.57 bits per heavy atom. The van der Waals surface area contributed by atoms with Gasteiger partial charge in [-0.15, -0.1) is 0 Å². The van der Waals surface area contributed by atoms with Gasteiger partial charge in [-0.1, -0.05) is 31.2 Å². The first kappa shape index (κ1) is 20.8. The van der Waals surface area contributed by atoms with E-state index >= 15 is 0 Å². The van der Waals surface area contributed by atoms with E-state index in [1.165, 1.54) is 17.5 Å². The number of benzene rings is 1. The van der Waals surface area contributed by atoms with E-state index in [2.05, 4.69) is 41.0 Å². The topological polar surface area (TPSA) is 43.9 Å². The molecule has 5 nitrogen and oxygen atoms in total. The first-order valence-electron chi connectivity index (χ1n) is 10.9. The minimum atomic E-state index is 0.152. The lowest BCUT2D eigenvalue weighted by molar-refractivity contribution is -0.138. The molecule has 0 aliphatic carbocycles. The first-order valence-corrected chi connectivity index (χ1v) is 10.9. The van der Waals surface area contributed by atoms with Crippen molar-refractivity contribution in [2.75, 3.05) is 39.8 Å². The second-order valence-corrected chi connectivity index (χ2v) is 8.36. The van der Waals surface area contributed by atoms with Crippen LogP contribution in [0.15, 0.2) is 24.3 Å². The zero-order valence-corrected chi connectivity index (χ0v) is 17.5. The van der Waals surface area contributed by atoms with Gasteiger partial charge in [0, 0.05) is 32.6 Å². The van der Waals surface area contributed by atoms with Gasteiger partial charge in [0.25, 0.3) is 0 Å². The average molecular weight is 386 g/mol. The van der Waals surface area contributed by atoms with Crippen molar-refractivity contribution >= 4 is 11.8 Å². The molecule has 3 rings (SSSR count). The standard InChI is InChI=1S/C23H35N3O2/c1-3-19-7-9-20(10-8-19)17-24(2)22(27)18-25-15-11-21(12-16-25)23(28)26-13-5-4-6-14-26/h7-10,21H,3-6,11-18H2,1-2H3. The Balaban J connectivity index is 1.41. The highest BCUT2D eigenvalue weighted by Crippen LogP contribution is 2.22. The van der Waals surface area contributed by atoms with Crippen LogP contribution >= 0.6 is 0 Å². The Hall–Kier alpha value is -1.88. The highest BCUT2D eigenvalue weighted by atomic mass is 16.2. The maximum absolute atomic E-state index is 12.7. The van der Waals surface area contributed by atoms with Gasteiger partial charge in [0.2, 0.25) is 11.8 Å². The number of aryl methyl sites for hydroxylation is 1. The number of rotatable bonds is 6.